The second-order valence-electron chi connectivity index (χ2n) is 2.42. The van der Waals surface area contributed by atoms with Gasteiger partial charge in [-0.25, -0.2) is 4.79 Å². The first-order chi connectivity index (χ1) is 6.27. The highest BCUT2D eigenvalue weighted by Crippen LogP contribution is 2.17. The number of ether oxygens (including phenoxy) is 2. The first kappa shape index (κ1) is 10.2. The van der Waals surface area contributed by atoms with E-state index in [4.69, 9.17) is 9.47 Å². The summed E-state index contributed by atoms with van der Waals surface area (Å²) in [7, 11) is 1.63. The van der Waals surface area contributed by atoms with Crippen LogP contribution < -0.4 is 0 Å². The minimum Gasteiger partial charge on any atom is -0.462 e. The first-order valence-electron chi connectivity index (χ1n) is 4.02. The van der Waals surface area contributed by atoms with Gasteiger partial charge in [0.1, 0.15) is 4.88 Å². The Morgan fingerprint density at radius 3 is 2.92 bits per heavy atom. The molecule has 0 spiro atoms. The van der Waals surface area contributed by atoms with Gasteiger partial charge in [-0.2, -0.15) is 0 Å². The van der Waals surface area contributed by atoms with Gasteiger partial charge in [0.05, 0.1) is 13.2 Å². The molecule has 0 aliphatic heterocycles. The van der Waals surface area contributed by atoms with Gasteiger partial charge in [-0.05, 0) is 19.1 Å². The zero-order valence-electron chi connectivity index (χ0n) is 7.70. The van der Waals surface area contributed by atoms with E-state index < -0.39 is 0 Å². The fraction of sp³-hybridized carbons (Fsp3) is 0.444. The molecule has 1 rings (SSSR count). The minimum atomic E-state index is -0.255. The molecule has 1 aromatic heterocycles. The number of carbonyl (C=O) groups excluding carboxylic acids is 1. The normalized spacial score (nSPS) is 10.0. The van der Waals surface area contributed by atoms with Gasteiger partial charge in [-0.3, -0.25) is 0 Å². The summed E-state index contributed by atoms with van der Waals surface area (Å²) in [5, 5.41) is 0. The summed E-state index contributed by atoms with van der Waals surface area (Å²) in [5.74, 6) is -0.255. The molecular weight excluding hydrogens is 188 g/mol. The Morgan fingerprint density at radius 2 is 2.31 bits per heavy atom. The number of rotatable bonds is 4. The SMILES string of the molecule is CCOC(=O)c1ccc(COC)s1. The topological polar surface area (TPSA) is 35.5 Å². The van der Waals surface area contributed by atoms with Crippen molar-refractivity contribution < 1.29 is 14.3 Å². The molecule has 0 unspecified atom stereocenters. The average molecular weight is 200 g/mol. The van der Waals surface area contributed by atoms with Crippen LogP contribution in [0.25, 0.3) is 0 Å². The lowest BCUT2D eigenvalue weighted by atomic mass is 10.4. The van der Waals surface area contributed by atoms with Crippen LogP contribution in [0.5, 0.6) is 0 Å². The number of hydrogen-bond donors (Lipinski definition) is 0. The molecule has 0 saturated carbocycles. The summed E-state index contributed by atoms with van der Waals surface area (Å²) in [6, 6.07) is 3.64. The minimum absolute atomic E-state index is 0.255. The third kappa shape index (κ3) is 2.82. The second kappa shape index (κ2) is 4.99. The van der Waals surface area contributed by atoms with Crippen molar-refractivity contribution in [3.63, 3.8) is 0 Å². The summed E-state index contributed by atoms with van der Waals surface area (Å²) < 4.78 is 9.79. The second-order valence-corrected chi connectivity index (χ2v) is 3.59. The van der Waals surface area contributed by atoms with E-state index in [2.05, 4.69) is 0 Å². The summed E-state index contributed by atoms with van der Waals surface area (Å²) in [6.45, 7) is 2.75. The fourth-order valence-electron chi connectivity index (χ4n) is 0.910. The molecule has 0 amide bonds. The van der Waals surface area contributed by atoms with E-state index in [-0.39, 0.29) is 5.97 Å². The van der Waals surface area contributed by atoms with E-state index in [1.54, 1.807) is 20.1 Å². The molecule has 0 N–H and O–H groups in total. The molecular formula is C9H12O3S. The molecule has 0 atom stereocenters. The van der Waals surface area contributed by atoms with Crippen LogP contribution in [0.2, 0.25) is 0 Å². The van der Waals surface area contributed by atoms with E-state index in [0.29, 0.717) is 18.1 Å². The molecule has 13 heavy (non-hydrogen) atoms. The van der Waals surface area contributed by atoms with E-state index in [1.807, 2.05) is 6.07 Å². The number of esters is 1. The Labute approximate surface area is 81.3 Å². The molecule has 0 aliphatic carbocycles. The van der Waals surface area contributed by atoms with E-state index in [9.17, 15) is 4.79 Å². The standard InChI is InChI=1S/C9H12O3S/c1-3-12-9(10)8-5-4-7(13-8)6-11-2/h4-5H,3,6H2,1-2H3. The van der Waals surface area contributed by atoms with Crippen molar-refractivity contribution >= 4 is 17.3 Å². The average Bonchev–Trinajstić information content (AvgIpc) is 2.54. The molecule has 0 fully saturated rings. The molecule has 1 heterocycles. The van der Waals surface area contributed by atoms with Crippen molar-refractivity contribution in [2.75, 3.05) is 13.7 Å². The summed E-state index contributed by atoms with van der Waals surface area (Å²) in [6.07, 6.45) is 0. The maximum absolute atomic E-state index is 11.2. The molecule has 72 valence electrons. The van der Waals surface area contributed by atoms with Crippen molar-refractivity contribution in [3.8, 4) is 0 Å². The summed E-state index contributed by atoms with van der Waals surface area (Å²) in [5.41, 5.74) is 0. The fourth-order valence-corrected chi connectivity index (χ4v) is 1.78. The van der Waals surface area contributed by atoms with Crippen molar-refractivity contribution in [2.45, 2.75) is 13.5 Å². The lowest BCUT2D eigenvalue weighted by molar-refractivity contribution is 0.0532. The Balaban J connectivity index is 2.62. The Hall–Kier alpha value is -0.870. The van der Waals surface area contributed by atoms with Crippen molar-refractivity contribution in [1.29, 1.82) is 0 Å². The molecule has 0 aromatic carbocycles. The quantitative estimate of drug-likeness (QED) is 0.698. The predicted molar refractivity (Wildman–Crippen MR) is 51.0 cm³/mol. The van der Waals surface area contributed by atoms with Crippen molar-refractivity contribution in [1.82, 2.24) is 0 Å². The molecule has 3 nitrogen and oxygen atoms in total. The molecule has 0 aliphatic rings. The van der Waals surface area contributed by atoms with E-state index in [0.717, 1.165) is 4.88 Å². The van der Waals surface area contributed by atoms with Crippen LogP contribution in [0.15, 0.2) is 12.1 Å². The molecule has 0 radical (unpaired) electrons. The highest BCUT2D eigenvalue weighted by Gasteiger charge is 2.09. The molecule has 0 saturated heterocycles. The monoisotopic (exact) mass is 200 g/mol. The maximum atomic E-state index is 11.2. The number of thiophene rings is 1. The number of methoxy groups -OCH3 is 1. The lowest BCUT2D eigenvalue weighted by Crippen LogP contribution is -2.01. The summed E-state index contributed by atoms with van der Waals surface area (Å²) >= 11 is 1.41. The molecule has 4 heteroatoms. The van der Waals surface area contributed by atoms with Gasteiger partial charge < -0.3 is 9.47 Å². The maximum Gasteiger partial charge on any atom is 0.348 e. The highest BCUT2D eigenvalue weighted by atomic mass is 32.1. The van der Waals surface area contributed by atoms with Crippen LogP contribution in [0.4, 0.5) is 0 Å². The van der Waals surface area contributed by atoms with Gasteiger partial charge >= 0.3 is 5.97 Å². The van der Waals surface area contributed by atoms with Gasteiger partial charge in [-0.1, -0.05) is 0 Å². The first-order valence-corrected chi connectivity index (χ1v) is 4.84. The highest BCUT2D eigenvalue weighted by molar-refractivity contribution is 7.13. The van der Waals surface area contributed by atoms with E-state index >= 15 is 0 Å². The molecule has 1 aromatic rings. The zero-order chi connectivity index (χ0) is 9.68. The van der Waals surface area contributed by atoms with Crippen LogP contribution in [-0.2, 0) is 16.1 Å². The Morgan fingerprint density at radius 1 is 1.54 bits per heavy atom. The molecule has 0 bridgehead atoms. The third-order valence-corrected chi connectivity index (χ3v) is 2.46. The van der Waals surface area contributed by atoms with Gasteiger partial charge in [0.2, 0.25) is 0 Å². The predicted octanol–water partition coefficient (Wildman–Crippen LogP) is 2.07. The van der Waals surface area contributed by atoms with Crippen LogP contribution >= 0.6 is 11.3 Å². The van der Waals surface area contributed by atoms with Crippen molar-refractivity contribution in [2.24, 2.45) is 0 Å². The smallest absolute Gasteiger partial charge is 0.348 e. The van der Waals surface area contributed by atoms with Gasteiger partial charge in [0.15, 0.2) is 0 Å². The number of carbonyl (C=O) groups is 1. The van der Waals surface area contributed by atoms with Crippen LogP contribution in [0, 0.1) is 0 Å². The van der Waals surface area contributed by atoms with Gasteiger partial charge in [0.25, 0.3) is 0 Å². The Bertz CT molecular complexity index is 280. The van der Waals surface area contributed by atoms with E-state index in [1.165, 1.54) is 11.3 Å². The van der Waals surface area contributed by atoms with Crippen LogP contribution in [-0.4, -0.2) is 19.7 Å². The van der Waals surface area contributed by atoms with Crippen molar-refractivity contribution in [3.05, 3.63) is 21.9 Å². The van der Waals surface area contributed by atoms with Crippen LogP contribution in [0.1, 0.15) is 21.5 Å². The third-order valence-electron chi connectivity index (χ3n) is 1.42. The van der Waals surface area contributed by atoms with Crippen LogP contribution in [0.3, 0.4) is 0 Å². The number of hydrogen-bond acceptors (Lipinski definition) is 4. The van der Waals surface area contributed by atoms with Gasteiger partial charge in [0, 0.05) is 12.0 Å². The largest absolute Gasteiger partial charge is 0.462 e. The Kier molecular flexibility index (Phi) is 3.92. The summed E-state index contributed by atoms with van der Waals surface area (Å²) in [4.78, 5) is 12.9. The van der Waals surface area contributed by atoms with Gasteiger partial charge in [-0.15, -0.1) is 11.3 Å². The lowest BCUT2D eigenvalue weighted by Gasteiger charge is -1.96. The zero-order valence-corrected chi connectivity index (χ0v) is 8.52.